The molecule has 0 unspecified atom stereocenters. The molecule has 0 spiro atoms. The molecule has 2 aromatic heterocycles. The van der Waals surface area contributed by atoms with Gasteiger partial charge in [0.1, 0.15) is 17.3 Å². The fourth-order valence-electron chi connectivity index (χ4n) is 4.89. The van der Waals surface area contributed by atoms with Crippen molar-refractivity contribution in [2.75, 3.05) is 18.0 Å². The molecule has 0 radical (unpaired) electrons. The van der Waals surface area contributed by atoms with Crippen LogP contribution in [-0.2, 0) is 16.0 Å². The minimum absolute atomic E-state index is 0.272. The molecule has 1 aliphatic carbocycles. The van der Waals surface area contributed by atoms with Gasteiger partial charge in [0.05, 0.1) is 30.7 Å². The van der Waals surface area contributed by atoms with Gasteiger partial charge in [0.15, 0.2) is 5.65 Å². The van der Waals surface area contributed by atoms with Gasteiger partial charge in [0, 0.05) is 18.5 Å². The van der Waals surface area contributed by atoms with Crippen LogP contribution in [0.5, 0.6) is 5.88 Å². The van der Waals surface area contributed by atoms with Crippen LogP contribution in [0.1, 0.15) is 84.4 Å². The van der Waals surface area contributed by atoms with E-state index in [-0.39, 0.29) is 18.7 Å². The fraction of sp³-hybridized carbons (Fsp3) is 0.548. The maximum Gasteiger partial charge on any atom is 0.415 e. The molecule has 10 nitrogen and oxygen atoms in total. The molecule has 1 aliphatic heterocycles. The first-order valence-electron chi connectivity index (χ1n) is 14.4. The highest BCUT2D eigenvalue weighted by atomic mass is 16.6. The third-order valence-electron chi connectivity index (χ3n) is 6.85. The summed E-state index contributed by atoms with van der Waals surface area (Å²) in [6.07, 6.45) is 4.44. The van der Waals surface area contributed by atoms with E-state index >= 15 is 0 Å². The molecule has 1 aromatic carbocycles. The summed E-state index contributed by atoms with van der Waals surface area (Å²) in [7, 11) is 0. The van der Waals surface area contributed by atoms with Crippen molar-refractivity contribution >= 4 is 23.5 Å². The van der Waals surface area contributed by atoms with Gasteiger partial charge in [-0.05, 0) is 72.8 Å². The predicted octanol–water partition coefficient (Wildman–Crippen LogP) is 6.33. The predicted molar refractivity (Wildman–Crippen MR) is 155 cm³/mol. The van der Waals surface area contributed by atoms with E-state index in [2.05, 4.69) is 0 Å². The number of hydrogen-bond donors (Lipinski definition) is 0. The minimum Gasteiger partial charge on any atom is -0.471 e. The molecular weight excluding hydrogens is 522 g/mol. The van der Waals surface area contributed by atoms with Gasteiger partial charge in [-0.1, -0.05) is 30.3 Å². The molecule has 5 rings (SSSR count). The number of fused-ring (bicyclic) bond motifs is 1. The average Bonchev–Trinajstić information content (AvgIpc) is 3.64. The van der Waals surface area contributed by atoms with Crippen molar-refractivity contribution in [3.8, 4) is 5.88 Å². The highest BCUT2D eigenvalue weighted by molar-refractivity contribution is 5.92. The summed E-state index contributed by atoms with van der Waals surface area (Å²) in [4.78, 5) is 34.4. The SMILES string of the molecule is CC(C)(C)OC(=O)N1CCC[C@@H](Oc2cc(N(Cc3ccccc3)C(=O)OC(C)(C)C)c3ncc(C4CC4)n3n2)C1. The third-order valence-corrected chi connectivity index (χ3v) is 6.85. The molecule has 3 aromatic rings. The Bertz CT molecular complexity index is 1390. The van der Waals surface area contributed by atoms with Crippen molar-refractivity contribution < 1.29 is 23.8 Å². The zero-order chi connectivity index (χ0) is 29.4. The Balaban J connectivity index is 1.49. The number of carbonyl (C=O) groups excluding carboxylic acids is 2. The van der Waals surface area contributed by atoms with Crippen molar-refractivity contribution in [3.05, 3.63) is 53.9 Å². The summed E-state index contributed by atoms with van der Waals surface area (Å²) in [5, 5.41) is 4.82. The summed E-state index contributed by atoms with van der Waals surface area (Å²) >= 11 is 0. The smallest absolute Gasteiger partial charge is 0.415 e. The second kappa shape index (κ2) is 11.2. The van der Waals surface area contributed by atoms with Gasteiger partial charge >= 0.3 is 12.2 Å². The molecule has 0 N–H and O–H groups in total. The van der Waals surface area contributed by atoms with Crippen LogP contribution in [0.3, 0.4) is 0 Å². The molecule has 10 heteroatoms. The summed E-state index contributed by atoms with van der Waals surface area (Å²) in [6.45, 7) is 12.4. The second-order valence-corrected chi connectivity index (χ2v) is 12.9. The van der Waals surface area contributed by atoms with E-state index in [0.29, 0.717) is 36.2 Å². The number of carbonyl (C=O) groups is 2. The van der Waals surface area contributed by atoms with Crippen LogP contribution >= 0.6 is 0 Å². The summed E-state index contributed by atoms with van der Waals surface area (Å²) in [5.41, 5.74) is 1.81. The molecule has 1 atom stereocenters. The monoisotopic (exact) mass is 563 g/mol. The Morgan fingerprint density at radius 1 is 1.00 bits per heavy atom. The van der Waals surface area contributed by atoms with Gasteiger partial charge in [0.25, 0.3) is 0 Å². The standard InChI is InChI=1S/C31H41N5O5/c1-30(2,3)40-28(37)34-16-10-13-23(20-34)39-26-17-24(27-32-18-25(22-14-15-22)36(27)33-26)35(29(38)41-31(4,5)6)19-21-11-8-7-9-12-21/h7-9,11-12,17-18,22-23H,10,13-16,19-20H2,1-6H3/t23-/m1/s1. The maximum absolute atomic E-state index is 13.6. The molecular formula is C31H41N5O5. The lowest BCUT2D eigenvalue weighted by Gasteiger charge is -2.34. The van der Waals surface area contributed by atoms with Crippen molar-refractivity contribution in [3.63, 3.8) is 0 Å². The number of rotatable bonds is 6. The molecule has 2 aliphatic rings. The van der Waals surface area contributed by atoms with E-state index in [4.69, 9.17) is 24.3 Å². The fourth-order valence-corrected chi connectivity index (χ4v) is 4.89. The van der Waals surface area contributed by atoms with E-state index in [1.165, 1.54) is 0 Å². The zero-order valence-electron chi connectivity index (χ0n) is 24.9. The molecule has 0 bridgehead atoms. The summed E-state index contributed by atoms with van der Waals surface area (Å²) < 4.78 is 19.7. The number of amides is 2. The van der Waals surface area contributed by atoms with E-state index in [1.807, 2.05) is 78.1 Å². The number of ether oxygens (including phenoxy) is 3. The largest absolute Gasteiger partial charge is 0.471 e. The number of piperidine rings is 1. The van der Waals surface area contributed by atoms with E-state index in [0.717, 1.165) is 36.9 Å². The van der Waals surface area contributed by atoms with Crippen LogP contribution < -0.4 is 9.64 Å². The molecule has 2 fully saturated rings. The molecule has 41 heavy (non-hydrogen) atoms. The van der Waals surface area contributed by atoms with Gasteiger partial charge in [-0.15, -0.1) is 5.10 Å². The van der Waals surface area contributed by atoms with Crippen molar-refractivity contribution in [2.24, 2.45) is 0 Å². The number of hydrogen-bond acceptors (Lipinski definition) is 7. The maximum atomic E-state index is 13.6. The van der Waals surface area contributed by atoms with Crippen LogP contribution in [0.4, 0.5) is 15.3 Å². The van der Waals surface area contributed by atoms with Gasteiger partial charge < -0.3 is 19.1 Å². The van der Waals surface area contributed by atoms with Gasteiger partial charge in [0.2, 0.25) is 5.88 Å². The van der Waals surface area contributed by atoms with E-state index < -0.39 is 17.3 Å². The number of nitrogens with zero attached hydrogens (tertiary/aromatic N) is 5. The molecule has 1 saturated heterocycles. The second-order valence-electron chi connectivity index (χ2n) is 12.9. The van der Waals surface area contributed by atoms with Gasteiger partial charge in [-0.2, -0.15) is 0 Å². The van der Waals surface area contributed by atoms with Gasteiger partial charge in [-0.3, -0.25) is 4.90 Å². The molecule has 2 amide bonds. The first kappa shape index (κ1) is 28.7. The number of benzene rings is 1. The highest BCUT2D eigenvalue weighted by Gasteiger charge is 2.33. The Morgan fingerprint density at radius 2 is 1.71 bits per heavy atom. The number of anilines is 1. The number of aromatic nitrogens is 3. The minimum atomic E-state index is -0.684. The van der Waals surface area contributed by atoms with Crippen LogP contribution in [0.15, 0.2) is 42.6 Å². The van der Waals surface area contributed by atoms with Crippen molar-refractivity contribution in [1.82, 2.24) is 19.5 Å². The number of likely N-dealkylation sites (tertiary alicyclic amines) is 1. The lowest BCUT2D eigenvalue weighted by Crippen LogP contribution is -2.46. The van der Waals surface area contributed by atoms with Crippen molar-refractivity contribution in [2.45, 2.75) is 97.0 Å². The quantitative estimate of drug-likeness (QED) is 0.346. The Labute approximate surface area is 241 Å². The highest BCUT2D eigenvalue weighted by Crippen LogP contribution is 2.41. The van der Waals surface area contributed by atoms with Crippen LogP contribution in [0, 0.1) is 0 Å². The first-order valence-corrected chi connectivity index (χ1v) is 14.4. The van der Waals surface area contributed by atoms with Crippen molar-refractivity contribution in [1.29, 1.82) is 0 Å². The summed E-state index contributed by atoms with van der Waals surface area (Å²) in [5.74, 6) is 0.743. The Kier molecular flexibility index (Phi) is 7.85. The molecule has 220 valence electrons. The average molecular weight is 564 g/mol. The zero-order valence-corrected chi connectivity index (χ0v) is 24.9. The normalized spacial score (nSPS) is 17.8. The Hall–Kier alpha value is -3.82. The third kappa shape index (κ3) is 7.28. The number of imidazole rings is 1. The summed E-state index contributed by atoms with van der Waals surface area (Å²) in [6, 6.07) is 11.5. The molecule has 3 heterocycles. The Morgan fingerprint density at radius 3 is 2.37 bits per heavy atom. The lowest BCUT2D eigenvalue weighted by atomic mass is 10.1. The molecule has 1 saturated carbocycles. The first-order chi connectivity index (χ1) is 19.4. The van der Waals surface area contributed by atoms with E-state index in [9.17, 15) is 9.59 Å². The topological polar surface area (TPSA) is 98.5 Å². The van der Waals surface area contributed by atoms with E-state index in [1.54, 1.807) is 20.4 Å². The van der Waals surface area contributed by atoms with Crippen LogP contribution in [-0.4, -0.2) is 62.1 Å². The van der Waals surface area contributed by atoms with Crippen LogP contribution in [0.2, 0.25) is 0 Å². The van der Waals surface area contributed by atoms with Crippen LogP contribution in [0.25, 0.3) is 5.65 Å². The van der Waals surface area contributed by atoms with Gasteiger partial charge in [-0.25, -0.2) is 19.1 Å². The lowest BCUT2D eigenvalue weighted by molar-refractivity contribution is 0.00706.